The first-order chi connectivity index (χ1) is 17.5. The molecule has 196 valence electrons. The molecule has 2 aromatic carbocycles. The molecule has 0 aliphatic carbocycles. The van der Waals surface area contributed by atoms with Crippen LogP contribution in [0, 0.1) is 20.8 Å². The highest BCUT2D eigenvalue weighted by atomic mass is 79.9. The zero-order valence-corrected chi connectivity index (χ0v) is 23.5. The molecule has 1 fully saturated rings. The molecule has 0 unspecified atom stereocenters. The molecule has 3 amide bonds. The van der Waals surface area contributed by atoms with E-state index in [0.717, 1.165) is 33.4 Å². The molecule has 0 atom stereocenters. The van der Waals surface area contributed by atoms with Gasteiger partial charge in [0.15, 0.2) is 18.1 Å². The van der Waals surface area contributed by atoms with E-state index in [1.807, 2.05) is 32.9 Å². The smallest absolute Gasteiger partial charge is 0.344 e. The SMILES string of the molecule is CCOC(=O)COc1c(Br)cc(/C=C2\SC(=O)N(CC(=O)Nc3c(C)cc(C)cc3C)C2=O)cc1OC. The monoisotopic (exact) mass is 590 g/mol. The zero-order valence-electron chi connectivity index (χ0n) is 21.1. The first kappa shape index (κ1) is 28.3. The van der Waals surface area contributed by atoms with Gasteiger partial charge < -0.3 is 19.5 Å². The van der Waals surface area contributed by atoms with E-state index in [2.05, 4.69) is 21.2 Å². The Labute approximate surface area is 227 Å². The highest BCUT2D eigenvalue weighted by Crippen LogP contribution is 2.39. The normalized spacial score (nSPS) is 14.2. The van der Waals surface area contributed by atoms with Gasteiger partial charge in [-0.1, -0.05) is 17.7 Å². The van der Waals surface area contributed by atoms with E-state index in [1.165, 1.54) is 13.2 Å². The standard InChI is InChI=1S/C26H27BrN2O7S/c1-6-35-22(31)13-36-24-18(27)9-17(10-19(24)34-5)11-20-25(32)29(26(33)37-20)12-21(30)28-23-15(3)7-14(2)8-16(23)4/h7-11H,6,12-13H2,1-5H3,(H,28,30)/b20-11-. The minimum Gasteiger partial charge on any atom is -0.493 e. The molecule has 1 N–H and O–H groups in total. The van der Waals surface area contributed by atoms with Crippen LogP contribution in [0.5, 0.6) is 11.5 Å². The minimum absolute atomic E-state index is 0.162. The lowest BCUT2D eigenvalue weighted by Gasteiger charge is -2.16. The predicted octanol–water partition coefficient (Wildman–Crippen LogP) is 5.00. The van der Waals surface area contributed by atoms with Gasteiger partial charge in [-0.25, -0.2) is 4.79 Å². The molecular weight excluding hydrogens is 564 g/mol. The third-order valence-corrected chi connectivity index (χ3v) is 6.80. The van der Waals surface area contributed by atoms with Gasteiger partial charge in [-0.3, -0.25) is 19.3 Å². The molecule has 3 rings (SSSR count). The third-order valence-electron chi connectivity index (χ3n) is 5.31. The Kier molecular flexibility index (Phi) is 9.39. The number of halogens is 1. The van der Waals surface area contributed by atoms with Crippen LogP contribution in [0.2, 0.25) is 0 Å². The van der Waals surface area contributed by atoms with Crippen LogP contribution >= 0.6 is 27.7 Å². The van der Waals surface area contributed by atoms with E-state index in [4.69, 9.17) is 14.2 Å². The minimum atomic E-state index is -0.569. The molecular formula is C26H27BrN2O7S. The molecule has 11 heteroatoms. The highest BCUT2D eigenvalue weighted by molar-refractivity contribution is 9.10. The van der Waals surface area contributed by atoms with Crippen LogP contribution in [0.4, 0.5) is 10.5 Å². The Morgan fingerprint density at radius 2 is 1.78 bits per heavy atom. The lowest BCUT2D eigenvalue weighted by molar-refractivity contribution is -0.145. The first-order valence-electron chi connectivity index (χ1n) is 11.3. The summed E-state index contributed by atoms with van der Waals surface area (Å²) in [5.41, 5.74) is 4.09. The molecule has 0 radical (unpaired) electrons. The summed E-state index contributed by atoms with van der Waals surface area (Å²) in [6.07, 6.45) is 1.53. The first-order valence-corrected chi connectivity index (χ1v) is 12.9. The van der Waals surface area contributed by atoms with Crippen molar-refractivity contribution in [3.63, 3.8) is 0 Å². The fourth-order valence-corrected chi connectivity index (χ4v) is 5.20. The number of aryl methyl sites for hydroxylation is 3. The highest BCUT2D eigenvalue weighted by Gasteiger charge is 2.36. The van der Waals surface area contributed by atoms with Crippen molar-refractivity contribution in [3.8, 4) is 11.5 Å². The van der Waals surface area contributed by atoms with Gasteiger partial charge in [0.1, 0.15) is 6.54 Å². The Morgan fingerprint density at radius 1 is 1.11 bits per heavy atom. The maximum absolute atomic E-state index is 12.9. The van der Waals surface area contributed by atoms with Crippen molar-refractivity contribution in [1.29, 1.82) is 0 Å². The van der Waals surface area contributed by atoms with Crippen LogP contribution in [0.1, 0.15) is 29.2 Å². The molecule has 0 bridgehead atoms. The summed E-state index contributed by atoms with van der Waals surface area (Å²) in [5, 5.41) is 2.27. The Morgan fingerprint density at radius 3 is 2.41 bits per heavy atom. The zero-order chi connectivity index (χ0) is 27.3. The van der Waals surface area contributed by atoms with E-state index in [9.17, 15) is 19.2 Å². The second kappa shape index (κ2) is 12.3. The Hall–Kier alpha value is -3.31. The molecule has 0 spiro atoms. The van der Waals surface area contributed by atoms with Crippen LogP contribution in [0.3, 0.4) is 0 Å². The maximum Gasteiger partial charge on any atom is 0.344 e. The van der Waals surface area contributed by atoms with Crippen molar-refractivity contribution >= 4 is 62.5 Å². The van der Waals surface area contributed by atoms with Gasteiger partial charge in [-0.05, 0) is 90.3 Å². The second-order valence-electron chi connectivity index (χ2n) is 8.22. The van der Waals surface area contributed by atoms with Gasteiger partial charge in [-0.15, -0.1) is 0 Å². The number of carbonyl (C=O) groups is 4. The summed E-state index contributed by atoms with van der Waals surface area (Å²) in [7, 11) is 1.44. The summed E-state index contributed by atoms with van der Waals surface area (Å²) >= 11 is 4.13. The number of ether oxygens (including phenoxy) is 3. The number of nitrogens with zero attached hydrogens (tertiary/aromatic N) is 1. The molecule has 1 heterocycles. The fourth-order valence-electron chi connectivity index (χ4n) is 3.78. The van der Waals surface area contributed by atoms with Crippen molar-refractivity contribution < 1.29 is 33.4 Å². The number of anilines is 1. The van der Waals surface area contributed by atoms with Crippen molar-refractivity contribution in [1.82, 2.24) is 4.90 Å². The van der Waals surface area contributed by atoms with Crippen LogP contribution in [-0.4, -0.2) is 54.8 Å². The van der Waals surface area contributed by atoms with Gasteiger partial charge in [0.25, 0.3) is 11.1 Å². The van der Waals surface area contributed by atoms with Gasteiger partial charge in [0.05, 0.1) is 23.1 Å². The summed E-state index contributed by atoms with van der Waals surface area (Å²) in [6.45, 7) is 6.98. The lowest BCUT2D eigenvalue weighted by Crippen LogP contribution is -2.36. The van der Waals surface area contributed by atoms with Gasteiger partial charge in [-0.2, -0.15) is 0 Å². The van der Waals surface area contributed by atoms with Crippen LogP contribution in [-0.2, 0) is 19.1 Å². The van der Waals surface area contributed by atoms with Crippen LogP contribution in [0.15, 0.2) is 33.6 Å². The van der Waals surface area contributed by atoms with E-state index >= 15 is 0 Å². The third kappa shape index (κ3) is 6.92. The average molecular weight is 591 g/mol. The van der Waals surface area contributed by atoms with Gasteiger partial charge in [0, 0.05) is 5.69 Å². The molecule has 1 aliphatic rings. The van der Waals surface area contributed by atoms with E-state index < -0.39 is 29.6 Å². The molecule has 2 aromatic rings. The summed E-state index contributed by atoms with van der Waals surface area (Å²) < 4.78 is 16.2. The number of nitrogens with one attached hydrogen (secondary N) is 1. The van der Waals surface area contributed by atoms with E-state index in [1.54, 1.807) is 19.1 Å². The molecule has 9 nitrogen and oxygen atoms in total. The lowest BCUT2D eigenvalue weighted by atomic mass is 10.1. The molecule has 1 saturated heterocycles. The summed E-state index contributed by atoms with van der Waals surface area (Å²) in [4.78, 5) is 50.9. The number of rotatable bonds is 9. The topological polar surface area (TPSA) is 111 Å². The number of thioether (sulfide) groups is 1. The van der Waals surface area contributed by atoms with E-state index in [0.29, 0.717) is 27.2 Å². The maximum atomic E-state index is 12.9. The Bertz CT molecular complexity index is 1270. The number of hydrogen-bond donors (Lipinski definition) is 1. The van der Waals surface area contributed by atoms with Crippen molar-refractivity contribution in [2.24, 2.45) is 0 Å². The summed E-state index contributed by atoms with van der Waals surface area (Å²) in [5.74, 6) is -0.955. The van der Waals surface area contributed by atoms with Gasteiger partial charge in [0.2, 0.25) is 5.91 Å². The Balaban J connectivity index is 1.74. The van der Waals surface area contributed by atoms with Crippen molar-refractivity contribution in [3.05, 3.63) is 55.9 Å². The van der Waals surface area contributed by atoms with E-state index in [-0.39, 0.29) is 18.1 Å². The quantitative estimate of drug-likeness (QED) is 0.321. The number of benzene rings is 2. The fraction of sp³-hybridized carbons (Fsp3) is 0.308. The van der Waals surface area contributed by atoms with Crippen molar-refractivity contribution in [2.45, 2.75) is 27.7 Å². The molecule has 0 aromatic heterocycles. The number of esters is 1. The molecule has 0 saturated carbocycles. The predicted molar refractivity (Wildman–Crippen MR) is 145 cm³/mol. The van der Waals surface area contributed by atoms with Crippen molar-refractivity contribution in [2.75, 3.05) is 32.2 Å². The average Bonchev–Trinajstić information content (AvgIpc) is 3.07. The largest absolute Gasteiger partial charge is 0.493 e. The number of carbonyl (C=O) groups excluding carboxylic acids is 4. The number of amides is 3. The van der Waals surface area contributed by atoms with Crippen LogP contribution < -0.4 is 14.8 Å². The summed E-state index contributed by atoms with van der Waals surface area (Å²) in [6, 6.07) is 7.16. The second-order valence-corrected chi connectivity index (χ2v) is 10.1. The number of imide groups is 1. The number of methoxy groups -OCH3 is 1. The molecule has 37 heavy (non-hydrogen) atoms. The molecule has 1 aliphatic heterocycles. The van der Waals surface area contributed by atoms with Crippen LogP contribution in [0.25, 0.3) is 6.08 Å². The van der Waals surface area contributed by atoms with Gasteiger partial charge >= 0.3 is 5.97 Å². The number of hydrogen-bond acceptors (Lipinski definition) is 8.